The molecule has 170 valence electrons. The van der Waals surface area contributed by atoms with E-state index in [-0.39, 0.29) is 11.5 Å². The zero-order valence-corrected chi connectivity index (χ0v) is 19.6. The summed E-state index contributed by atoms with van der Waals surface area (Å²) in [6.07, 6.45) is 7.37. The van der Waals surface area contributed by atoms with Crippen LogP contribution in [0.5, 0.6) is 5.75 Å². The molecule has 2 aromatic rings. The molecule has 0 amide bonds. The van der Waals surface area contributed by atoms with Crippen LogP contribution in [-0.2, 0) is 11.8 Å². The average molecular weight is 435 g/mol. The quantitative estimate of drug-likeness (QED) is 0.713. The number of nitrogens with one attached hydrogen (secondary N) is 1. The van der Waals surface area contributed by atoms with E-state index >= 15 is 0 Å². The molecular formula is C25H34N6O. The van der Waals surface area contributed by atoms with E-state index in [1.54, 1.807) is 6.33 Å². The monoisotopic (exact) mass is 434 g/mol. The fraction of sp³-hybridized carbons (Fsp3) is 0.560. The highest BCUT2D eigenvalue weighted by Crippen LogP contribution is 2.49. The zero-order chi connectivity index (χ0) is 22.9. The molecule has 1 aromatic heterocycles. The van der Waals surface area contributed by atoms with Crippen molar-refractivity contribution in [3.63, 3.8) is 0 Å². The van der Waals surface area contributed by atoms with Crippen LogP contribution in [0.15, 0.2) is 18.5 Å². The highest BCUT2D eigenvalue weighted by molar-refractivity contribution is 5.83. The maximum absolute atomic E-state index is 9.18. The standard InChI is InChI=1S/C25H34N6O/c1-25(2)14-19-18(22-21(25)24(27)30-15-29-22)10-11-20(23(19)31(4)13-5-12-26)32-17-8-6-16(28-3)7-9-17/h10-11,15-17,28H,5-9,13-14H2,1-4H3,(H2,27,29,30). The van der Waals surface area contributed by atoms with Crippen molar-refractivity contribution in [3.8, 4) is 23.1 Å². The van der Waals surface area contributed by atoms with Crippen molar-refractivity contribution in [2.75, 3.05) is 31.3 Å². The normalized spacial score (nSPS) is 21.2. The Kier molecular flexibility index (Phi) is 6.25. The van der Waals surface area contributed by atoms with Crippen LogP contribution >= 0.6 is 0 Å². The number of anilines is 2. The van der Waals surface area contributed by atoms with E-state index < -0.39 is 0 Å². The topological polar surface area (TPSA) is 100 Å². The van der Waals surface area contributed by atoms with Crippen molar-refractivity contribution in [1.29, 1.82) is 5.26 Å². The van der Waals surface area contributed by atoms with Crippen molar-refractivity contribution >= 4 is 11.5 Å². The maximum atomic E-state index is 9.18. The van der Waals surface area contributed by atoms with Crippen molar-refractivity contribution in [1.82, 2.24) is 15.3 Å². The Morgan fingerprint density at radius 2 is 2.00 bits per heavy atom. The number of aromatic nitrogens is 2. The largest absolute Gasteiger partial charge is 0.488 e. The zero-order valence-electron chi connectivity index (χ0n) is 19.6. The second-order valence-electron chi connectivity index (χ2n) is 9.69. The molecule has 0 radical (unpaired) electrons. The van der Waals surface area contributed by atoms with Gasteiger partial charge < -0.3 is 20.7 Å². The maximum Gasteiger partial charge on any atom is 0.143 e. The Balaban J connectivity index is 1.77. The van der Waals surface area contributed by atoms with Crippen LogP contribution in [0.2, 0.25) is 0 Å². The Hall–Kier alpha value is -2.85. The lowest BCUT2D eigenvalue weighted by Crippen LogP contribution is -2.34. The highest BCUT2D eigenvalue weighted by atomic mass is 16.5. The molecule has 1 aromatic carbocycles. The lowest BCUT2D eigenvalue weighted by molar-refractivity contribution is 0.142. The summed E-state index contributed by atoms with van der Waals surface area (Å²) < 4.78 is 6.62. The molecule has 4 rings (SSSR count). The van der Waals surface area contributed by atoms with Gasteiger partial charge in [0.15, 0.2) is 0 Å². The van der Waals surface area contributed by atoms with E-state index in [2.05, 4.69) is 59.3 Å². The lowest BCUT2D eigenvalue weighted by Gasteiger charge is -2.37. The molecule has 2 aliphatic rings. The summed E-state index contributed by atoms with van der Waals surface area (Å²) in [5.74, 6) is 1.45. The van der Waals surface area contributed by atoms with E-state index in [9.17, 15) is 5.26 Å². The van der Waals surface area contributed by atoms with Gasteiger partial charge in [-0.05, 0) is 62.3 Å². The first-order valence-electron chi connectivity index (χ1n) is 11.5. The number of nitriles is 1. The van der Waals surface area contributed by atoms with Gasteiger partial charge in [0.25, 0.3) is 0 Å². The first kappa shape index (κ1) is 22.3. The molecule has 0 unspecified atom stereocenters. The molecule has 1 saturated carbocycles. The summed E-state index contributed by atoms with van der Waals surface area (Å²) in [6.45, 7) is 5.04. The molecule has 1 heterocycles. The van der Waals surface area contributed by atoms with Gasteiger partial charge in [0.2, 0.25) is 0 Å². The fourth-order valence-electron chi connectivity index (χ4n) is 5.31. The van der Waals surface area contributed by atoms with Crippen LogP contribution < -0.4 is 20.7 Å². The molecule has 7 nitrogen and oxygen atoms in total. The van der Waals surface area contributed by atoms with Crippen LogP contribution in [0.1, 0.15) is 57.1 Å². The van der Waals surface area contributed by atoms with Gasteiger partial charge in [-0.3, -0.25) is 0 Å². The van der Waals surface area contributed by atoms with Crippen LogP contribution in [0.4, 0.5) is 11.5 Å². The number of fused-ring (bicyclic) bond motifs is 3. The molecule has 0 bridgehead atoms. The molecule has 0 saturated heterocycles. The van der Waals surface area contributed by atoms with Gasteiger partial charge in [-0.25, -0.2) is 9.97 Å². The summed E-state index contributed by atoms with van der Waals surface area (Å²) in [5, 5.41) is 12.6. The van der Waals surface area contributed by atoms with Gasteiger partial charge in [-0.2, -0.15) is 5.26 Å². The molecule has 32 heavy (non-hydrogen) atoms. The minimum Gasteiger partial charge on any atom is -0.488 e. The smallest absolute Gasteiger partial charge is 0.143 e. The van der Waals surface area contributed by atoms with Crippen LogP contribution in [-0.4, -0.2) is 42.8 Å². The Morgan fingerprint density at radius 3 is 2.69 bits per heavy atom. The molecular weight excluding hydrogens is 400 g/mol. The minimum absolute atomic E-state index is 0.206. The third-order valence-electron chi connectivity index (χ3n) is 6.99. The number of rotatable bonds is 6. The number of nitrogens with zero attached hydrogens (tertiary/aromatic N) is 4. The Morgan fingerprint density at radius 1 is 1.25 bits per heavy atom. The second-order valence-corrected chi connectivity index (χ2v) is 9.69. The summed E-state index contributed by atoms with van der Waals surface area (Å²) >= 11 is 0. The molecule has 3 N–H and O–H groups in total. The predicted octanol–water partition coefficient (Wildman–Crippen LogP) is 3.82. The molecule has 7 heteroatoms. The number of benzene rings is 1. The summed E-state index contributed by atoms with van der Waals surface area (Å²) in [7, 11) is 4.09. The Bertz CT molecular complexity index is 1020. The van der Waals surface area contributed by atoms with E-state index in [1.807, 2.05) is 7.05 Å². The molecule has 0 aliphatic heterocycles. The third kappa shape index (κ3) is 4.12. The highest BCUT2D eigenvalue weighted by Gasteiger charge is 2.37. The molecule has 2 aliphatic carbocycles. The molecule has 1 fully saturated rings. The van der Waals surface area contributed by atoms with Crippen LogP contribution in [0, 0.1) is 11.3 Å². The molecule has 0 atom stereocenters. The first-order chi connectivity index (χ1) is 15.4. The van der Waals surface area contributed by atoms with Gasteiger partial charge in [-0.15, -0.1) is 0 Å². The van der Waals surface area contributed by atoms with E-state index in [4.69, 9.17) is 10.5 Å². The number of nitrogen functional groups attached to an aromatic ring is 1. The molecule has 0 spiro atoms. The number of hydrogen-bond donors (Lipinski definition) is 2. The van der Waals surface area contributed by atoms with E-state index in [0.717, 1.165) is 60.4 Å². The SMILES string of the molecule is CNC1CCC(Oc2ccc3c(c2N(C)CCC#N)CC(C)(C)c2c(N)ncnc2-3)CC1. The second kappa shape index (κ2) is 8.95. The van der Waals surface area contributed by atoms with Gasteiger partial charge in [0, 0.05) is 30.8 Å². The third-order valence-corrected chi connectivity index (χ3v) is 6.99. The number of hydrogen-bond acceptors (Lipinski definition) is 7. The van der Waals surface area contributed by atoms with Gasteiger partial charge in [0.05, 0.1) is 30.0 Å². The summed E-state index contributed by atoms with van der Waals surface area (Å²) in [4.78, 5) is 11.1. The van der Waals surface area contributed by atoms with Crippen molar-refractivity contribution in [3.05, 3.63) is 29.6 Å². The van der Waals surface area contributed by atoms with Gasteiger partial charge in [-0.1, -0.05) is 13.8 Å². The summed E-state index contributed by atoms with van der Waals surface area (Å²) in [6, 6.07) is 7.04. The first-order valence-corrected chi connectivity index (χ1v) is 11.5. The van der Waals surface area contributed by atoms with Gasteiger partial charge >= 0.3 is 0 Å². The van der Waals surface area contributed by atoms with Gasteiger partial charge in [0.1, 0.15) is 17.9 Å². The lowest BCUT2D eigenvalue weighted by atomic mass is 9.71. The van der Waals surface area contributed by atoms with E-state index in [0.29, 0.717) is 24.8 Å². The number of ether oxygens (including phenoxy) is 1. The van der Waals surface area contributed by atoms with Crippen molar-refractivity contribution < 1.29 is 4.74 Å². The predicted molar refractivity (Wildman–Crippen MR) is 128 cm³/mol. The summed E-state index contributed by atoms with van der Waals surface area (Å²) in [5.41, 5.74) is 11.4. The van der Waals surface area contributed by atoms with Crippen molar-refractivity contribution in [2.24, 2.45) is 0 Å². The van der Waals surface area contributed by atoms with Crippen LogP contribution in [0.3, 0.4) is 0 Å². The fourth-order valence-corrected chi connectivity index (χ4v) is 5.31. The van der Waals surface area contributed by atoms with Crippen LogP contribution in [0.25, 0.3) is 11.3 Å². The van der Waals surface area contributed by atoms with E-state index in [1.165, 1.54) is 5.56 Å². The number of nitrogens with two attached hydrogens (primary N) is 1. The van der Waals surface area contributed by atoms with Crippen molar-refractivity contribution in [2.45, 2.75) is 69.9 Å². The Labute approximate surface area is 191 Å². The minimum atomic E-state index is -0.206. The average Bonchev–Trinajstić information content (AvgIpc) is 2.77.